The third-order valence-electron chi connectivity index (χ3n) is 4.86. The lowest BCUT2D eigenvalue weighted by atomic mass is 10.1. The fourth-order valence-corrected chi connectivity index (χ4v) is 3.27. The van der Waals surface area contributed by atoms with Gasteiger partial charge >= 0.3 is 0 Å². The summed E-state index contributed by atoms with van der Waals surface area (Å²) in [6.45, 7) is 7.53. The maximum absolute atomic E-state index is 12.6. The minimum atomic E-state index is -0.903. The van der Waals surface area contributed by atoms with Crippen molar-refractivity contribution in [2.24, 2.45) is 0 Å². The van der Waals surface area contributed by atoms with Gasteiger partial charge in [0.2, 0.25) is 5.91 Å². The number of anilines is 2. The van der Waals surface area contributed by atoms with Gasteiger partial charge in [0.1, 0.15) is 6.04 Å². The molecule has 140 valence electrons. The van der Waals surface area contributed by atoms with E-state index in [2.05, 4.69) is 24.1 Å². The molecule has 0 aliphatic carbocycles. The summed E-state index contributed by atoms with van der Waals surface area (Å²) in [6, 6.07) is 13.2. The third-order valence-corrected chi connectivity index (χ3v) is 4.86. The molecule has 0 saturated heterocycles. The average molecular weight is 365 g/mol. The number of carbonyl (C=O) groups is 3. The Bertz CT molecular complexity index is 837. The van der Waals surface area contributed by atoms with E-state index in [-0.39, 0.29) is 0 Å². The Morgan fingerprint density at radius 1 is 0.963 bits per heavy atom. The van der Waals surface area contributed by atoms with Crippen LogP contribution in [-0.4, -0.2) is 41.8 Å². The van der Waals surface area contributed by atoms with Gasteiger partial charge in [-0.2, -0.15) is 0 Å². The van der Waals surface area contributed by atoms with Crippen LogP contribution >= 0.6 is 0 Å². The number of rotatable bonds is 6. The van der Waals surface area contributed by atoms with Crippen LogP contribution in [0.4, 0.5) is 11.4 Å². The van der Waals surface area contributed by atoms with E-state index < -0.39 is 23.8 Å². The first-order chi connectivity index (χ1) is 13.0. The van der Waals surface area contributed by atoms with E-state index in [4.69, 9.17) is 0 Å². The number of carbonyl (C=O) groups excluding carboxylic acids is 3. The van der Waals surface area contributed by atoms with Crippen molar-refractivity contribution >= 4 is 29.1 Å². The number of fused-ring (bicyclic) bond motifs is 1. The summed E-state index contributed by atoms with van der Waals surface area (Å²) in [4.78, 5) is 40.8. The maximum atomic E-state index is 12.6. The SMILES string of the molecule is CCN(CC)c1ccc(NC(=O)[C@H](C)N2C(=O)c3ccccc3C2=O)cc1. The molecule has 0 radical (unpaired) electrons. The summed E-state index contributed by atoms with van der Waals surface area (Å²) in [5.41, 5.74) is 2.38. The van der Waals surface area contributed by atoms with Gasteiger partial charge in [-0.3, -0.25) is 19.3 Å². The highest BCUT2D eigenvalue weighted by molar-refractivity contribution is 6.23. The van der Waals surface area contributed by atoms with Crippen LogP contribution in [0.15, 0.2) is 48.5 Å². The highest BCUT2D eigenvalue weighted by Crippen LogP contribution is 2.25. The van der Waals surface area contributed by atoms with E-state index >= 15 is 0 Å². The largest absolute Gasteiger partial charge is 0.372 e. The van der Waals surface area contributed by atoms with E-state index in [1.54, 1.807) is 31.2 Å². The molecule has 1 heterocycles. The zero-order valence-corrected chi connectivity index (χ0v) is 15.7. The Morgan fingerprint density at radius 3 is 1.96 bits per heavy atom. The predicted molar refractivity (Wildman–Crippen MR) is 105 cm³/mol. The molecule has 27 heavy (non-hydrogen) atoms. The van der Waals surface area contributed by atoms with Gasteiger partial charge in [0.15, 0.2) is 0 Å². The Kier molecular flexibility index (Phi) is 5.26. The quantitative estimate of drug-likeness (QED) is 0.799. The first-order valence-corrected chi connectivity index (χ1v) is 9.10. The van der Waals surface area contributed by atoms with Crippen molar-refractivity contribution in [3.63, 3.8) is 0 Å². The number of nitrogens with zero attached hydrogens (tertiary/aromatic N) is 2. The van der Waals surface area contributed by atoms with Crippen molar-refractivity contribution in [3.8, 4) is 0 Å². The number of amides is 3. The van der Waals surface area contributed by atoms with Gasteiger partial charge in [0.25, 0.3) is 11.8 Å². The molecule has 6 heteroatoms. The van der Waals surface area contributed by atoms with E-state index in [9.17, 15) is 14.4 Å². The highest BCUT2D eigenvalue weighted by atomic mass is 16.2. The van der Waals surface area contributed by atoms with Gasteiger partial charge in [0.05, 0.1) is 11.1 Å². The van der Waals surface area contributed by atoms with Gasteiger partial charge in [0, 0.05) is 24.5 Å². The topological polar surface area (TPSA) is 69.7 Å². The molecular weight excluding hydrogens is 342 g/mol. The van der Waals surface area contributed by atoms with E-state index in [0.29, 0.717) is 16.8 Å². The van der Waals surface area contributed by atoms with Crippen LogP contribution in [-0.2, 0) is 4.79 Å². The van der Waals surface area contributed by atoms with E-state index in [1.165, 1.54) is 0 Å². The molecule has 3 rings (SSSR count). The Morgan fingerprint density at radius 2 is 1.48 bits per heavy atom. The van der Waals surface area contributed by atoms with Gasteiger partial charge in [-0.15, -0.1) is 0 Å². The van der Waals surface area contributed by atoms with Crippen LogP contribution in [0, 0.1) is 0 Å². The molecular formula is C21H23N3O3. The first-order valence-electron chi connectivity index (χ1n) is 9.10. The normalized spacial score (nSPS) is 14.1. The molecule has 6 nitrogen and oxygen atoms in total. The molecule has 1 aliphatic rings. The van der Waals surface area contributed by atoms with Crippen LogP contribution in [0.3, 0.4) is 0 Å². The summed E-state index contributed by atoms with van der Waals surface area (Å²) in [6.07, 6.45) is 0. The molecule has 2 aromatic carbocycles. The predicted octanol–water partition coefficient (Wildman–Crippen LogP) is 3.16. The van der Waals surface area contributed by atoms with Gasteiger partial charge in [-0.05, 0) is 57.2 Å². The number of hydrogen-bond acceptors (Lipinski definition) is 4. The minimum absolute atomic E-state index is 0.339. The Hall–Kier alpha value is -3.15. The second-order valence-corrected chi connectivity index (χ2v) is 6.41. The molecule has 0 saturated carbocycles. The third kappa shape index (κ3) is 3.43. The van der Waals surface area contributed by atoms with Crippen molar-refractivity contribution < 1.29 is 14.4 Å². The Labute approximate surface area is 158 Å². The summed E-state index contributed by atoms with van der Waals surface area (Å²) < 4.78 is 0. The fourth-order valence-electron chi connectivity index (χ4n) is 3.27. The molecule has 0 spiro atoms. The summed E-state index contributed by atoms with van der Waals surface area (Å²) in [7, 11) is 0. The lowest BCUT2D eigenvalue weighted by molar-refractivity contribution is -0.119. The number of hydrogen-bond donors (Lipinski definition) is 1. The van der Waals surface area contributed by atoms with Crippen molar-refractivity contribution in [3.05, 3.63) is 59.7 Å². The lowest BCUT2D eigenvalue weighted by Gasteiger charge is -2.23. The molecule has 1 N–H and O–H groups in total. The molecule has 0 fully saturated rings. The summed E-state index contributed by atoms with van der Waals surface area (Å²) in [5, 5.41) is 2.79. The standard InChI is InChI=1S/C21H23N3O3/c1-4-23(5-2)16-12-10-15(11-13-16)22-19(25)14(3)24-20(26)17-8-6-7-9-18(17)21(24)27/h6-14H,4-5H2,1-3H3,(H,22,25)/t14-/m0/s1. The minimum Gasteiger partial charge on any atom is -0.372 e. The highest BCUT2D eigenvalue weighted by Gasteiger charge is 2.40. The van der Waals surface area contributed by atoms with Crippen LogP contribution in [0.2, 0.25) is 0 Å². The fraction of sp³-hybridized carbons (Fsp3) is 0.286. The summed E-state index contributed by atoms with van der Waals surface area (Å²) in [5.74, 6) is -1.27. The molecule has 3 amide bonds. The lowest BCUT2D eigenvalue weighted by Crippen LogP contribution is -2.45. The number of benzene rings is 2. The molecule has 2 aromatic rings. The zero-order valence-electron chi connectivity index (χ0n) is 15.7. The smallest absolute Gasteiger partial charge is 0.262 e. The van der Waals surface area contributed by atoms with E-state index in [1.807, 2.05) is 24.3 Å². The Balaban J connectivity index is 1.72. The molecule has 0 unspecified atom stereocenters. The van der Waals surface area contributed by atoms with Crippen LogP contribution in [0.25, 0.3) is 0 Å². The number of nitrogens with one attached hydrogen (secondary N) is 1. The average Bonchev–Trinajstić information content (AvgIpc) is 2.94. The monoisotopic (exact) mass is 365 g/mol. The molecule has 1 aliphatic heterocycles. The van der Waals surface area contributed by atoms with Crippen LogP contribution in [0.5, 0.6) is 0 Å². The van der Waals surface area contributed by atoms with Crippen LogP contribution < -0.4 is 10.2 Å². The van der Waals surface area contributed by atoms with Crippen molar-refractivity contribution in [2.75, 3.05) is 23.3 Å². The van der Waals surface area contributed by atoms with Gasteiger partial charge in [-0.1, -0.05) is 12.1 Å². The molecule has 0 aromatic heterocycles. The zero-order chi connectivity index (χ0) is 19.6. The maximum Gasteiger partial charge on any atom is 0.262 e. The van der Waals surface area contributed by atoms with Crippen LogP contribution in [0.1, 0.15) is 41.5 Å². The number of imide groups is 1. The van der Waals surface area contributed by atoms with Gasteiger partial charge < -0.3 is 10.2 Å². The van der Waals surface area contributed by atoms with Crippen molar-refractivity contribution in [1.29, 1.82) is 0 Å². The van der Waals surface area contributed by atoms with Crippen molar-refractivity contribution in [2.45, 2.75) is 26.8 Å². The second kappa shape index (κ2) is 7.61. The molecule has 1 atom stereocenters. The first kappa shape index (κ1) is 18.6. The van der Waals surface area contributed by atoms with E-state index in [0.717, 1.165) is 23.7 Å². The van der Waals surface area contributed by atoms with Crippen molar-refractivity contribution in [1.82, 2.24) is 4.90 Å². The summed E-state index contributed by atoms with van der Waals surface area (Å²) >= 11 is 0. The molecule has 0 bridgehead atoms. The van der Waals surface area contributed by atoms with Gasteiger partial charge in [-0.25, -0.2) is 0 Å². The second-order valence-electron chi connectivity index (χ2n) is 6.41.